The summed E-state index contributed by atoms with van der Waals surface area (Å²) in [6.07, 6.45) is 1.74. The molecular weight excluding hydrogens is 435 g/mol. The highest BCUT2D eigenvalue weighted by molar-refractivity contribution is 5.35. The molecule has 3 rings (SSSR count). The first kappa shape index (κ1) is 21.4. The highest BCUT2D eigenvalue weighted by Crippen LogP contribution is 2.34. The van der Waals surface area contributed by atoms with E-state index in [0.717, 1.165) is 48.1 Å². The number of aliphatic hydroxyl groups is 1. The van der Waals surface area contributed by atoms with Gasteiger partial charge >= 0.3 is 0 Å². The minimum absolute atomic E-state index is 0. The van der Waals surface area contributed by atoms with E-state index in [9.17, 15) is 5.11 Å². The Hall–Kier alpha value is -0.950. The molecule has 1 aliphatic rings. The Morgan fingerprint density at radius 2 is 1.35 bits per heavy atom. The van der Waals surface area contributed by atoms with Gasteiger partial charge in [-0.1, -0.05) is 60.7 Å². The largest absolute Gasteiger partial charge is 1.00 e. The molecule has 1 N–H and O–H groups in total. The predicted molar refractivity (Wildman–Crippen MR) is 103 cm³/mol. The normalized spacial score (nSPS) is 17.5. The van der Waals surface area contributed by atoms with Crippen LogP contribution in [0.1, 0.15) is 24.0 Å². The molecule has 2 aromatic carbocycles. The van der Waals surface area contributed by atoms with Gasteiger partial charge in [0.2, 0.25) is 0 Å². The number of hydrogen-bond donors (Lipinski definition) is 1. The van der Waals surface area contributed by atoms with Gasteiger partial charge in [0.15, 0.2) is 0 Å². The van der Waals surface area contributed by atoms with Crippen LogP contribution in [0.3, 0.4) is 0 Å². The fourth-order valence-electron chi connectivity index (χ4n) is 3.71. The number of quaternary nitrogens is 1. The highest BCUT2D eigenvalue weighted by atomic mass is 127. The molecule has 1 aliphatic heterocycles. The van der Waals surface area contributed by atoms with Crippen LogP contribution in [-0.4, -0.2) is 61.3 Å². The lowest BCUT2D eigenvalue weighted by Gasteiger charge is -2.39. The van der Waals surface area contributed by atoms with Gasteiger partial charge in [-0.3, -0.25) is 4.90 Å². The molecule has 0 aromatic heterocycles. The average Bonchev–Trinajstić information content (AvgIpc) is 2.64. The second kappa shape index (κ2) is 9.31. The van der Waals surface area contributed by atoms with Gasteiger partial charge in [-0.25, -0.2) is 0 Å². The van der Waals surface area contributed by atoms with Crippen molar-refractivity contribution in [2.45, 2.75) is 18.4 Å². The SMILES string of the molecule is C[N+]1(C)CCN(CCCC(O)(c2ccccc2)c2ccccc2)CC1.[I-]. The molecule has 0 unspecified atom stereocenters. The zero-order chi connectivity index (χ0) is 17.8. The zero-order valence-corrected chi connectivity index (χ0v) is 18.1. The first-order valence-electron chi connectivity index (χ1n) is 9.37. The zero-order valence-electron chi connectivity index (χ0n) is 15.9. The summed E-state index contributed by atoms with van der Waals surface area (Å²) in [7, 11) is 4.61. The molecule has 26 heavy (non-hydrogen) atoms. The lowest BCUT2D eigenvalue weighted by Crippen LogP contribution is -3.00. The van der Waals surface area contributed by atoms with Crippen LogP contribution < -0.4 is 24.0 Å². The summed E-state index contributed by atoms with van der Waals surface area (Å²) in [4.78, 5) is 2.54. The van der Waals surface area contributed by atoms with Gasteiger partial charge in [0, 0.05) is 13.1 Å². The van der Waals surface area contributed by atoms with E-state index in [1.54, 1.807) is 0 Å². The Bertz CT molecular complexity index is 611. The third-order valence-corrected chi connectivity index (χ3v) is 5.56. The van der Waals surface area contributed by atoms with Crippen LogP contribution in [0.15, 0.2) is 60.7 Å². The Kier molecular flexibility index (Phi) is 7.64. The molecule has 142 valence electrons. The molecule has 0 amide bonds. The van der Waals surface area contributed by atoms with Gasteiger partial charge in [-0.15, -0.1) is 0 Å². The molecular formula is C22H31IN2O. The lowest BCUT2D eigenvalue weighted by atomic mass is 9.82. The summed E-state index contributed by atoms with van der Waals surface area (Å²) in [6.45, 7) is 5.79. The molecule has 0 radical (unpaired) electrons. The quantitative estimate of drug-likeness (QED) is 0.483. The van der Waals surface area contributed by atoms with Crippen molar-refractivity contribution in [3.63, 3.8) is 0 Å². The lowest BCUT2D eigenvalue weighted by molar-refractivity contribution is -0.894. The molecule has 1 saturated heterocycles. The van der Waals surface area contributed by atoms with Gasteiger partial charge in [-0.05, 0) is 30.5 Å². The Morgan fingerprint density at radius 1 is 0.885 bits per heavy atom. The van der Waals surface area contributed by atoms with Crippen LogP contribution in [0.5, 0.6) is 0 Å². The summed E-state index contributed by atoms with van der Waals surface area (Å²) in [5.74, 6) is 0. The highest BCUT2D eigenvalue weighted by Gasteiger charge is 2.31. The third-order valence-electron chi connectivity index (χ3n) is 5.56. The second-order valence-electron chi connectivity index (χ2n) is 7.92. The Balaban J connectivity index is 0.00000243. The van der Waals surface area contributed by atoms with Crippen molar-refractivity contribution in [1.82, 2.24) is 4.90 Å². The molecule has 3 nitrogen and oxygen atoms in total. The van der Waals surface area contributed by atoms with E-state index in [1.165, 1.54) is 13.1 Å². The summed E-state index contributed by atoms with van der Waals surface area (Å²) >= 11 is 0. The van der Waals surface area contributed by atoms with Crippen molar-refractivity contribution in [2.75, 3.05) is 46.8 Å². The van der Waals surface area contributed by atoms with E-state index in [-0.39, 0.29) is 24.0 Å². The maximum Gasteiger partial charge on any atom is 0.115 e. The fourth-order valence-corrected chi connectivity index (χ4v) is 3.71. The topological polar surface area (TPSA) is 23.5 Å². The number of hydrogen-bond acceptors (Lipinski definition) is 2. The van der Waals surface area contributed by atoms with Crippen molar-refractivity contribution < 1.29 is 33.6 Å². The second-order valence-corrected chi connectivity index (χ2v) is 7.92. The fraction of sp³-hybridized carbons (Fsp3) is 0.455. The molecule has 1 heterocycles. The third kappa shape index (κ3) is 5.28. The van der Waals surface area contributed by atoms with E-state index in [4.69, 9.17) is 0 Å². The number of nitrogens with zero attached hydrogens (tertiary/aromatic N) is 2. The van der Waals surface area contributed by atoms with Crippen molar-refractivity contribution in [3.8, 4) is 0 Å². The minimum Gasteiger partial charge on any atom is -1.00 e. The van der Waals surface area contributed by atoms with Crippen LogP contribution >= 0.6 is 0 Å². The van der Waals surface area contributed by atoms with Crippen LogP contribution in [0.4, 0.5) is 0 Å². The van der Waals surface area contributed by atoms with Crippen molar-refractivity contribution in [1.29, 1.82) is 0 Å². The van der Waals surface area contributed by atoms with E-state index in [0.29, 0.717) is 0 Å². The number of likely N-dealkylation sites (N-methyl/N-ethyl adjacent to an activating group) is 1. The Morgan fingerprint density at radius 3 is 1.81 bits per heavy atom. The summed E-state index contributed by atoms with van der Waals surface area (Å²) in [5.41, 5.74) is 1.06. The minimum atomic E-state index is -0.909. The van der Waals surface area contributed by atoms with Crippen molar-refractivity contribution in [3.05, 3.63) is 71.8 Å². The summed E-state index contributed by atoms with van der Waals surface area (Å²) in [5, 5.41) is 11.5. The van der Waals surface area contributed by atoms with E-state index in [1.807, 2.05) is 60.7 Å². The molecule has 0 saturated carbocycles. The van der Waals surface area contributed by atoms with Crippen LogP contribution in [0.25, 0.3) is 0 Å². The van der Waals surface area contributed by atoms with Gasteiger partial charge in [-0.2, -0.15) is 0 Å². The summed E-state index contributed by atoms with van der Waals surface area (Å²) in [6, 6.07) is 20.2. The molecule has 0 atom stereocenters. The molecule has 4 heteroatoms. The van der Waals surface area contributed by atoms with Crippen molar-refractivity contribution >= 4 is 0 Å². The van der Waals surface area contributed by atoms with Crippen molar-refractivity contribution in [2.24, 2.45) is 0 Å². The van der Waals surface area contributed by atoms with E-state index < -0.39 is 5.60 Å². The number of piperazine rings is 1. The average molecular weight is 466 g/mol. The summed E-state index contributed by atoms with van der Waals surface area (Å²) < 4.78 is 1.12. The van der Waals surface area contributed by atoms with E-state index in [2.05, 4.69) is 19.0 Å². The molecule has 0 spiro atoms. The molecule has 0 aliphatic carbocycles. The smallest absolute Gasteiger partial charge is 0.115 e. The number of benzene rings is 2. The molecule has 2 aromatic rings. The molecule has 0 bridgehead atoms. The first-order chi connectivity index (χ1) is 12.0. The standard InChI is InChI=1S/C22H31N2O.HI/c1-24(2)18-16-23(17-19-24)15-9-14-22(25,20-10-5-3-6-11-20)21-12-7-4-8-13-21;/h3-8,10-13,25H,9,14-19H2,1-2H3;1H/q+1;/p-1. The first-order valence-corrected chi connectivity index (χ1v) is 9.37. The predicted octanol–water partition coefficient (Wildman–Crippen LogP) is 0.0987. The maximum atomic E-state index is 11.5. The van der Waals surface area contributed by atoms with Crippen LogP contribution in [-0.2, 0) is 5.60 Å². The molecule has 1 fully saturated rings. The van der Waals surface area contributed by atoms with Crippen LogP contribution in [0, 0.1) is 0 Å². The number of halogens is 1. The van der Waals surface area contributed by atoms with Gasteiger partial charge in [0.25, 0.3) is 0 Å². The van der Waals surface area contributed by atoms with Crippen LogP contribution in [0.2, 0.25) is 0 Å². The van der Waals surface area contributed by atoms with Gasteiger partial charge in [0.1, 0.15) is 5.60 Å². The maximum absolute atomic E-state index is 11.5. The van der Waals surface area contributed by atoms with Gasteiger partial charge in [0.05, 0.1) is 27.2 Å². The van der Waals surface area contributed by atoms with Gasteiger partial charge < -0.3 is 33.6 Å². The monoisotopic (exact) mass is 466 g/mol. The number of rotatable bonds is 6. The van der Waals surface area contributed by atoms with E-state index >= 15 is 0 Å². The Labute approximate surface area is 175 Å².